The summed E-state index contributed by atoms with van der Waals surface area (Å²) < 4.78 is 11.0. The van der Waals surface area contributed by atoms with Crippen molar-refractivity contribution < 1.29 is 4.74 Å². The lowest BCUT2D eigenvalue weighted by atomic mass is 9.98. The maximum absolute atomic E-state index is 6.66. The first kappa shape index (κ1) is 28.5. The summed E-state index contributed by atoms with van der Waals surface area (Å²) in [7, 11) is 0. The summed E-state index contributed by atoms with van der Waals surface area (Å²) in [5.74, 6) is 1.47. The number of benzene rings is 5. The fraction of sp³-hybridized carbons (Fsp3) is 0.0682. The maximum Gasteiger partial charge on any atom is 0.146 e. The molecule has 0 spiro atoms. The molecule has 0 atom stereocenters. The van der Waals surface area contributed by atoms with Crippen LogP contribution in [0.1, 0.15) is 16.7 Å². The van der Waals surface area contributed by atoms with Crippen LogP contribution in [-0.4, -0.2) is 23.8 Å². The van der Waals surface area contributed by atoms with Crippen molar-refractivity contribution in [2.75, 3.05) is 0 Å². The van der Waals surface area contributed by atoms with Crippen LogP contribution in [0.15, 0.2) is 134 Å². The molecule has 10 aromatic rings. The molecule has 6 heteroatoms. The zero-order valence-corrected chi connectivity index (χ0v) is 27.8. The molecule has 238 valence electrons. The number of aromatic nitrogens is 5. The molecule has 0 N–H and O–H groups in total. The Balaban J connectivity index is 1.14. The zero-order valence-electron chi connectivity index (χ0n) is 27.8. The minimum absolute atomic E-state index is 0.727. The average Bonchev–Trinajstić information content (AvgIpc) is 3.78. The predicted molar refractivity (Wildman–Crippen MR) is 203 cm³/mol. The van der Waals surface area contributed by atoms with Gasteiger partial charge in [-0.3, -0.25) is 13.8 Å². The highest BCUT2D eigenvalue weighted by Crippen LogP contribution is 2.38. The highest BCUT2D eigenvalue weighted by molar-refractivity contribution is 6.13. The molecule has 0 amide bonds. The van der Waals surface area contributed by atoms with E-state index in [1.165, 1.54) is 27.6 Å². The standard InChI is InChI=1S/C44H31N5O/c1-26-20-27(2)41(28(3)21-26)38-25-48-39-13-8-7-12-33(39)32-17-15-30(22-35(32)43(48)47-38)50-31-16-18-34-36(23-31)44-46-37(29-10-5-4-6-11-29)24-49(44)40-14-9-19-45-42(34)40/h4-25H,1-3H3. The average molecular weight is 646 g/mol. The van der Waals surface area contributed by atoms with Crippen molar-refractivity contribution in [1.82, 2.24) is 23.8 Å². The third-order valence-electron chi connectivity index (χ3n) is 9.87. The van der Waals surface area contributed by atoms with Crippen LogP contribution in [0, 0.1) is 20.8 Å². The van der Waals surface area contributed by atoms with Gasteiger partial charge in [0.2, 0.25) is 0 Å². The van der Waals surface area contributed by atoms with Gasteiger partial charge in [0, 0.05) is 51.3 Å². The Hall–Kier alpha value is -6.53. The maximum atomic E-state index is 6.66. The largest absolute Gasteiger partial charge is 0.457 e. The highest BCUT2D eigenvalue weighted by Gasteiger charge is 2.18. The van der Waals surface area contributed by atoms with Crippen LogP contribution in [0.4, 0.5) is 0 Å². The Bertz CT molecular complexity index is 2970. The van der Waals surface area contributed by atoms with E-state index in [9.17, 15) is 0 Å². The lowest BCUT2D eigenvalue weighted by molar-refractivity contribution is 0.484. The van der Waals surface area contributed by atoms with E-state index >= 15 is 0 Å². The Labute approximate surface area is 287 Å². The molecule has 0 aliphatic rings. The van der Waals surface area contributed by atoms with E-state index in [-0.39, 0.29) is 0 Å². The molecule has 0 radical (unpaired) electrons. The Kier molecular flexibility index (Phi) is 6.12. The van der Waals surface area contributed by atoms with Gasteiger partial charge in [-0.05, 0) is 91.9 Å². The van der Waals surface area contributed by atoms with E-state index in [0.717, 1.165) is 77.8 Å². The fourth-order valence-electron chi connectivity index (χ4n) is 7.79. The molecule has 5 aromatic heterocycles. The van der Waals surface area contributed by atoms with Gasteiger partial charge >= 0.3 is 0 Å². The van der Waals surface area contributed by atoms with Crippen LogP contribution in [-0.2, 0) is 0 Å². The summed E-state index contributed by atoms with van der Waals surface area (Å²) >= 11 is 0. The number of para-hydroxylation sites is 1. The molecule has 0 aliphatic heterocycles. The molecule has 0 bridgehead atoms. The topological polar surface area (TPSA) is 56.7 Å². The van der Waals surface area contributed by atoms with Crippen molar-refractivity contribution in [1.29, 1.82) is 0 Å². The van der Waals surface area contributed by atoms with Crippen molar-refractivity contribution in [2.24, 2.45) is 0 Å². The van der Waals surface area contributed by atoms with Crippen molar-refractivity contribution in [2.45, 2.75) is 20.8 Å². The smallest absolute Gasteiger partial charge is 0.146 e. The van der Waals surface area contributed by atoms with E-state index < -0.39 is 0 Å². The van der Waals surface area contributed by atoms with Gasteiger partial charge in [-0.2, -0.15) is 0 Å². The first-order chi connectivity index (χ1) is 24.5. The monoisotopic (exact) mass is 645 g/mol. The van der Waals surface area contributed by atoms with Gasteiger partial charge in [-0.25, -0.2) is 9.97 Å². The SMILES string of the molecule is Cc1cc(C)c(-c2cn3c4ccccc4c4ccc(Oc5ccc6c(c5)c5nc(-c7ccccc7)cn5c5cccnc65)cc4c3n2)c(C)c1. The van der Waals surface area contributed by atoms with E-state index in [0.29, 0.717) is 0 Å². The lowest BCUT2D eigenvalue weighted by Crippen LogP contribution is -1.93. The summed E-state index contributed by atoms with van der Waals surface area (Å²) in [6, 6.07) is 39.9. The molecule has 0 saturated heterocycles. The molecule has 0 fully saturated rings. The number of aryl methyl sites for hydroxylation is 3. The van der Waals surface area contributed by atoms with E-state index in [1.807, 2.05) is 42.6 Å². The van der Waals surface area contributed by atoms with E-state index in [2.05, 4.69) is 121 Å². The summed E-state index contributed by atoms with van der Waals surface area (Å²) in [4.78, 5) is 15.2. The van der Waals surface area contributed by atoms with Gasteiger partial charge in [0.05, 0.1) is 27.9 Å². The third-order valence-corrected chi connectivity index (χ3v) is 9.87. The third kappa shape index (κ3) is 4.31. The first-order valence-electron chi connectivity index (χ1n) is 16.8. The second kappa shape index (κ2) is 10.7. The Morgan fingerprint density at radius 1 is 0.520 bits per heavy atom. The Morgan fingerprint density at radius 2 is 1.14 bits per heavy atom. The Morgan fingerprint density at radius 3 is 1.92 bits per heavy atom. The number of ether oxygens (including phenoxy) is 1. The van der Waals surface area contributed by atoms with E-state index in [1.54, 1.807) is 0 Å². The summed E-state index contributed by atoms with van der Waals surface area (Å²) in [6.07, 6.45) is 6.12. The second-order valence-electron chi connectivity index (χ2n) is 13.2. The minimum Gasteiger partial charge on any atom is -0.457 e. The normalized spacial score (nSPS) is 11.9. The summed E-state index contributed by atoms with van der Waals surface area (Å²) in [5.41, 5.74) is 12.7. The molecule has 0 unspecified atom stereocenters. The molecule has 5 heterocycles. The number of fused-ring (bicyclic) bond motifs is 12. The highest BCUT2D eigenvalue weighted by atomic mass is 16.5. The van der Waals surface area contributed by atoms with Gasteiger partial charge in [-0.15, -0.1) is 0 Å². The van der Waals surface area contributed by atoms with Crippen LogP contribution in [0.25, 0.3) is 77.3 Å². The number of rotatable bonds is 4. The first-order valence-corrected chi connectivity index (χ1v) is 16.8. The molecule has 6 nitrogen and oxygen atoms in total. The minimum atomic E-state index is 0.727. The van der Waals surface area contributed by atoms with Crippen molar-refractivity contribution in [3.05, 3.63) is 151 Å². The quantitative estimate of drug-likeness (QED) is 0.179. The van der Waals surface area contributed by atoms with Gasteiger partial charge in [0.15, 0.2) is 0 Å². The molecule has 0 saturated carbocycles. The van der Waals surface area contributed by atoms with Gasteiger partial charge in [0.25, 0.3) is 0 Å². The van der Waals surface area contributed by atoms with Crippen molar-refractivity contribution in [3.8, 4) is 34.0 Å². The number of hydrogen-bond donors (Lipinski definition) is 0. The predicted octanol–water partition coefficient (Wildman–Crippen LogP) is 11.0. The van der Waals surface area contributed by atoms with Crippen LogP contribution >= 0.6 is 0 Å². The molecular formula is C44H31N5O. The van der Waals surface area contributed by atoms with Crippen LogP contribution in [0.5, 0.6) is 11.5 Å². The van der Waals surface area contributed by atoms with Crippen LogP contribution in [0.3, 0.4) is 0 Å². The van der Waals surface area contributed by atoms with Crippen molar-refractivity contribution in [3.63, 3.8) is 0 Å². The summed E-state index contributed by atoms with van der Waals surface area (Å²) in [6.45, 7) is 6.48. The molecule has 10 rings (SSSR count). The number of nitrogens with zero attached hydrogens (tertiary/aromatic N) is 5. The number of imidazole rings is 2. The van der Waals surface area contributed by atoms with E-state index in [4.69, 9.17) is 19.7 Å². The van der Waals surface area contributed by atoms with Crippen molar-refractivity contribution >= 4 is 54.8 Å². The van der Waals surface area contributed by atoms with Gasteiger partial charge < -0.3 is 4.74 Å². The summed E-state index contributed by atoms with van der Waals surface area (Å²) in [5, 5.41) is 5.35. The molecule has 50 heavy (non-hydrogen) atoms. The molecule has 0 aliphatic carbocycles. The fourth-order valence-corrected chi connectivity index (χ4v) is 7.79. The van der Waals surface area contributed by atoms with Gasteiger partial charge in [-0.1, -0.05) is 66.2 Å². The second-order valence-corrected chi connectivity index (χ2v) is 13.2. The molecule has 5 aromatic carbocycles. The lowest BCUT2D eigenvalue weighted by Gasteiger charge is -2.12. The number of hydrogen-bond acceptors (Lipinski definition) is 4. The van der Waals surface area contributed by atoms with Crippen LogP contribution < -0.4 is 4.74 Å². The van der Waals surface area contributed by atoms with Crippen LogP contribution in [0.2, 0.25) is 0 Å². The zero-order chi connectivity index (χ0) is 33.5. The van der Waals surface area contributed by atoms with Gasteiger partial charge in [0.1, 0.15) is 22.8 Å². The molecular weight excluding hydrogens is 615 g/mol. The number of pyridine rings is 3.